The van der Waals surface area contributed by atoms with Gasteiger partial charge >= 0.3 is 5.97 Å². The van der Waals surface area contributed by atoms with Gasteiger partial charge in [-0.25, -0.2) is 9.18 Å². The van der Waals surface area contributed by atoms with Gasteiger partial charge in [0.05, 0.1) is 5.60 Å². The van der Waals surface area contributed by atoms with Gasteiger partial charge in [-0.1, -0.05) is 0 Å². The maximum absolute atomic E-state index is 12.8. The highest BCUT2D eigenvalue weighted by Gasteiger charge is 2.21. The summed E-state index contributed by atoms with van der Waals surface area (Å²) in [7, 11) is 0. The van der Waals surface area contributed by atoms with Crippen molar-refractivity contribution in [1.82, 2.24) is 5.32 Å². The van der Waals surface area contributed by atoms with Crippen LogP contribution in [-0.2, 0) is 9.53 Å². The van der Waals surface area contributed by atoms with E-state index in [2.05, 4.69) is 5.32 Å². The number of carbonyl (C=O) groups is 2. The van der Waals surface area contributed by atoms with Crippen molar-refractivity contribution < 1.29 is 23.8 Å². The van der Waals surface area contributed by atoms with Crippen molar-refractivity contribution in [1.29, 1.82) is 0 Å². The zero-order valence-corrected chi connectivity index (χ0v) is 12.4. The molecule has 0 aromatic heterocycles. The van der Waals surface area contributed by atoms with Crippen LogP contribution in [0.25, 0.3) is 0 Å². The normalized spacial score (nSPS) is 12.8. The second kappa shape index (κ2) is 7.17. The average Bonchev–Trinajstić information content (AvgIpc) is 2.36. The summed E-state index contributed by atoms with van der Waals surface area (Å²) in [5.41, 5.74) is -0.163. The first kappa shape index (κ1) is 17.1. The Morgan fingerprint density at radius 2 is 1.86 bits per heavy atom. The predicted molar refractivity (Wildman–Crippen MR) is 75.6 cm³/mol. The molecule has 2 N–H and O–H groups in total. The Hall–Kier alpha value is -1.95. The number of halogens is 1. The minimum Gasteiger partial charge on any atom is -0.480 e. The van der Waals surface area contributed by atoms with Gasteiger partial charge in [0.1, 0.15) is 11.9 Å². The van der Waals surface area contributed by atoms with Gasteiger partial charge in [-0.15, -0.1) is 0 Å². The predicted octanol–water partition coefficient (Wildman–Crippen LogP) is 2.21. The molecule has 5 nitrogen and oxygen atoms in total. The minimum absolute atomic E-state index is 0.152. The molecule has 0 aliphatic carbocycles. The molecule has 0 bridgehead atoms. The van der Waals surface area contributed by atoms with Gasteiger partial charge in [-0.05, 0) is 45.0 Å². The number of benzene rings is 1. The summed E-state index contributed by atoms with van der Waals surface area (Å²) in [5.74, 6) is -2.15. The molecule has 1 aromatic rings. The first-order valence-electron chi connectivity index (χ1n) is 6.62. The molecule has 0 heterocycles. The van der Waals surface area contributed by atoms with E-state index < -0.39 is 23.7 Å². The molecular formula is C15H20FNO4. The van der Waals surface area contributed by atoms with Crippen molar-refractivity contribution >= 4 is 11.9 Å². The highest BCUT2D eigenvalue weighted by atomic mass is 19.1. The molecule has 1 rings (SSSR count). The van der Waals surface area contributed by atoms with Crippen LogP contribution >= 0.6 is 0 Å². The smallest absolute Gasteiger partial charge is 0.326 e. The SMILES string of the molecule is CC(C)(C)OCCC(NC(=O)c1ccc(F)cc1)C(=O)O. The van der Waals surface area contributed by atoms with E-state index >= 15 is 0 Å². The lowest BCUT2D eigenvalue weighted by Crippen LogP contribution is -2.42. The highest BCUT2D eigenvalue weighted by Crippen LogP contribution is 2.09. The lowest BCUT2D eigenvalue weighted by atomic mass is 10.1. The number of ether oxygens (including phenoxy) is 1. The highest BCUT2D eigenvalue weighted by molar-refractivity contribution is 5.96. The molecule has 0 saturated carbocycles. The van der Waals surface area contributed by atoms with Crippen LogP contribution in [0.15, 0.2) is 24.3 Å². The number of nitrogens with one attached hydrogen (secondary N) is 1. The van der Waals surface area contributed by atoms with Crippen molar-refractivity contribution in [2.45, 2.75) is 38.8 Å². The van der Waals surface area contributed by atoms with Crippen molar-refractivity contribution in [3.8, 4) is 0 Å². The topological polar surface area (TPSA) is 75.6 Å². The Bertz CT molecular complexity index is 493. The molecule has 1 atom stereocenters. The summed E-state index contributed by atoms with van der Waals surface area (Å²) in [6, 6.07) is 3.84. The largest absolute Gasteiger partial charge is 0.480 e. The number of carboxylic acids is 1. The first-order chi connectivity index (χ1) is 9.69. The number of aliphatic carboxylic acids is 1. The Balaban J connectivity index is 2.59. The summed E-state index contributed by atoms with van der Waals surface area (Å²) < 4.78 is 18.2. The van der Waals surface area contributed by atoms with Crippen LogP contribution < -0.4 is 5.32 Å². The standard InChI is InChI=1S/C15H20FNO4/c1-15(2,3)21-9-8-12(14(19)20)17-13(18)10-4-6-11(16)7-5-10/h4-7,12H,8-9H2,1-3H3,(H,17,18)(H,19,20). The van der Waals surface area contributed by atoms with E-state index in [1.54, 1.807) is 0 Å². The summed E-state index contributed by atoms with van der Waals surface area (Å²) in [4.78, 5) is 23.0. The number of hydrogen-bond donors (Lipinski definition) is 2. The van der Waals surface area contributed by atoms with E-state index in [4.69, 9.17) is 9.84 Å². The maximum atomic E-state index is 12.8. The lowest BCUT2D eigenvalue weighted by Gasteiger charge is -2.21. The molecule has 21 heavy (non-hydrogen) atoms. The van der Waals surface area contributed by atoms with Crippen molar-refractivity contribution in [3.63, 3.8) is 0 Å². The van der Waals surface area contributed by atoms with E-state index in [-0.39, 0.29) is 24.2 Å². The van der Waals surface area contributed by atoms with E-state index in [0.717, 1.165) is 12.1 Å². The Labute approximate surface area is 123 Å². The first-order valence-corrected chi connectivity index (χ1v) is 6.62. The van der Waals surface area contributed by atoms with Crippen molar-refractivity contribution in [2.24, 2.45) is 0 Å². The second-order valence-electron chi connectivity index (χ2n) is 5.62. The third-order valence-corrected chi connectivity index (χ3v) is 2.65. The molecule has 1 amide bonds. The van der Waals surface area contributed by atoms with Crippen LogP contribution in [0, 0.1) is 5.82 Å². The molecule has 0 spiro atoms. The molecule has 0 aliphatic rings. The molecule has 1 unspecified atom stereocenters. The fourth-order valence-electron chi connectivity index (χ4n) is 1.58. The van der Waals surface area contributed by atoms with Crippen molar-refractivity contribution in [2.75, 3.05) is 6.61 Å². The number of carboxylic acid groups (broad SMARTS) is 1. The number of hydrogen-bond acceptors (Lipinski definition) is 3. The van der Waals surface area contributed by atoms with Gasteiger partial charge in [0.15, 0.2) is 0 Å². The Morgan fingerprint density at radius 3 is 2.33 bits per heavy atom. The minimum atomic E-state index is -1.14. The summed E-state index contributed by atoms with van der Waals surface area (Å²) in [6.07, 6.45) is 0.152. The average molecular weight is 297 g/mol. The van der Waals surface area contributed by atoms with E-state index in [1.165, 1.54) is 12.1 Å². The van der Waals surface area contributed by atoms with Crippen LogP contribution in [0.1, 0.15) is 37.6 Å². The fourth-order valence-corrected chi connectivity index (χ4v) is 1.58. The molecule has 0 fully saturated rings. The van der Waals surface area contributed by atoms with Gasteiger partial charge in [0, 0.05) is 18.6 Å². The van der Waals surface area contributed by atoms with Gasteiger partial charge in [0.25, 0.3) is 5.91 Å². The maximum Gasteiger partial charge on any atom is 0.326 e. The van der Waals surface area contributed by atoms with Crippen LogP contribution in [0.5, 0.6) is 0 Å². The molecule has 0 aliphatic heterocycles. The van der Waals surface area contributed by atoms with Crippen LogP contribution in [0.2, 0.25) is 0 Å². The molecule has 0 saturated heterocycles. The third-order valence-electron chi connectivity index (χ3n) is 2.65. The molecular weight excluding hydrogens is 277 g/mol. The van der Waals surface area contributed by atoms with Gasteiger partial charge in [-0.2, -0.15) is 0 Å². The van der Waals surface area contributed by atoms with E-state index in [1.807, 2.05) is 20.8 Å². The van der Waals surface area contributed by atoms with E-state index in [9.17, 15) is 14.0 Å². The molecule has 6 heteroatoms. The van der Waals surface area contributed by atoms with Gasteiger partial charge in [0.2, 0.25) is 0 Å². The summed E-state index contributed by atoms with van der Waals surface area (Å²) in [6.45, 7) is 5.80. The van der Waals surface area contributed by atoms with Crippen molar-refractivity contribution in [3.05, 3.63) is 35.6 Å². The Morgan fingerprint density at radius 1 is 1.29 bits per heavy atom. The number of rotatable bonds is 6. The van der Waals surface area contributed by atoms with Gasteiger partial charge in [-0.3, -0.25) is 4.79 Å². The molecule has 0 radical (unpaired) electrons. The summed E-state index contributed by atoms with van der Waals surface area (Å²) in [5, 5.41) is 11.5. The van der Waals surface area contributed by atoms with Crippen LogP contribution in [-0.4, -0.2) is 35.2 Å². The Kier molecular flexibility index (Phi) is 5.84. The van der Waals surface area contributed by atoms with Gasteiger partial charge < -0.3 is 15.2 Å². The molecule has 1 aromatic carbocycles. The molecule has 116 valence electrons. The second-order valence-corrected chi connectivity index (χ2v) is 5.62. The van der Waals surface area contributed by atoms with Crippen LogP contribution in [0.4, 0.5) is 4.39 Å². The zero-order chi connectivity index (χ0) is 16.0. The zero-order valence-electron chi connectivity index (χ0n) is 12.4. The quantitative estimate of drug-likeness (QED) is 0.844. The van der Waals surface area contributed by atoms with E-state index in [0.29, 0.717) is 0 Å². The van der Waals surface area contributed by atoms with Crippen LogP contribution in [0.3, 0.4) is 0 Å². The number of amides is 1. The third kappa shape index (κ3) is 6.35. The lowest BCUT2D eigenvalue weighted by molar-refractivity contribution is -0.140. The monoisotopic (exact) mass is 297 g/mol. The fraction of sp³-hybridized carbons (Fsp3) is 0.467. The summed E-state index contributed by atoms with van der Waals surface area (Å²) >= 11 is 0. The number of carbonyl (C=O) groups excluding carboxylic acids is 1.